The third-order valence-electron chi connectivity index (χ3n) is 5.00. The number of hydrogen-bond acceptors (Lipinski definition) is 5. The average molecular weight is 374 g/mol. The van der Waals surface area contributed by atoms with Gasteiger partial charge in [0, 0.05) is 29.0 Å². The summed E-state index contributed by atoms with van der Waals surface area (Å²) in [6, 6.07) is 13.4. The fraction of sp³-hybridized carbons (Fsp3) is 0.100. The van der Waals surface area contributed by atoms with Crippen LogP contribution in [-0.4, -0.2) is 24.1 Å². The van der Waals surface area contributed by atoms with Crippen LogP contribution in [-0.2, 0) is 16.3 Å². The van der Waals surface area contributed by atoms with E-state index in [2.05, 4.69) is 21.4 Å². The molecule has 27 heavy (non-hydrogen) atoms. The molecule has 132 valence electrons. The number of hydrogen-bond donors (Lipinski definition) is 2. The molecule has 1 aliphatic heterocycles. The summed E-state index contributed by atoms with van der Waals surface area (Å²) >= 11 is 0. The van der Waals surface area contributed by atoms with Crippen molar-refractivity contribution in [2.75, 3.05) is 11.1 Å². The van der Waals surface area contributed by atoms with Crippen molar-refractivity contribution >= 4 is 43.0 Å². The van der Waals surface area contributed by atoms with Gasteiger partial charge in [0.05, 0.1) is 27.4 Å². The lowest BCUT2D eigenvalue weighted by atomic mass is 10.0. The third kappa shape index (κ3) is 2.38. The van der Waals surface area contributed by atoms with Crippen molar-refractivity contribution in [3.63, 3.8) is 0 Å². The number of H-pyrrole nitrogens is 1. The number of benzene rings is 2. The summed E-state index contributed by atoms with van der Waals surface area (Å²) in [6.07, 6.45) is 3.82. The number of nitrogens with zero attached hydrogens (tertiary/aromatic N) is 2. The maximum atomic E-state index is 12.3. The Morgan fingerprint density at radius 3 is 2.93 bits per heavy atom. The number of sulfone groups is 1. The maximum Gasteiger partial charge on any atom is 0.179 e. The largest absolute Gasteiger partial charge is 0.361 e. The molecule has 0 saturated heterocycles. The van der Waals surface area contributed by atoms with E-state index in [1.807, 2.05) is 30.5 Å². The van der Waals surface area contributed by atoms with Crippen molar-refractivity contribution in [2.24, 2.45) is 0 Å². The smallest absolute Gasteiger partial charge is 0.179 e. The van der Waals surface area contributed by atoms with Gasteiger partial charge in [-0.3, -0.25) is 4.98 Å². The first-order valence-corrected chi connectivity index (χ1v) is 10.1. The molecule has 0 fully saturated rings. The van der Waals surface area contributed by atoms with Gasteiger partial charge in [-0.15, -0.1) is 0 Å². The van der Waals surface area contributed by atoms with Gasteiger partial charge in [0.25, 0.3) is 0 Å². The second kappa shape index (κ2) is 5.56. The van der Waals surface area contributed by atoms with Crippen LogP contribution < -0.4 is 5.32 Å². The zero-order valence-corrected chi connectivity index (χ0v) is 15.0. The van der Waals surface area contributed by atoms with Crippen molar-refractivity contribution in [1.82, 2.24) is 9.97 Å². The summed E-state index contributed by atoms with van der Waals surface area (Å²) in [5.41, 5.74) is 4.18. The Morgan fingerprint density at radius 2 is 2.07 bits per heavy atom. The predicted molar refractivity (Wildman–Crippen MR) is 104 cm³/mol. The molecule has 3 heterocycles. The van der Waals surface area contributed by atoms with Crippen LogP contribution >= 0.6 is 0 Å². The topological polar surface area (TPSA) is 98.6 Å². The molecule has 0 atom stereocenters. The first kappa shape index (κ1) is 15.9. The molecule has 0 radical (unpaired) electrons. The van der Waals surface area contributed by atoms with E-state index in [0.29, 0.717) is 33.5 Å². The van der Waals surface area contributed by atoms with Crippen LogP contribution in [0.1, 0.15) is 11.1 Å². The SMILES string of the molecule is N#Cc1cnc2ccc3c(c2c1Nc1ccc2cc[nH]c2c1)CCS3(=O)=O. The molecule has 0 aliphatic carbocycles. The Morgan fingerprint density at radius 1 is 1.19 bits per heavy atom. The van der Waals surface area contributed by atoms with Crippen molar-refractivity contribution in [2.45, 2.75) is 11.3 Å². The average Bonchev–Trinajstić information content (AvgIpc) is 3.25. The number of anilines is 2. The van der Waals surface area contributed by atoms with E-state index in [4.69, 9.17) is 0 Å². The molecule has 2 N–H and O–H groups in total. The van der Waals surface area contributed by atoms with E-state index in [9.17, 15) is 13.7 Å². The highest BCUT2D eigenvalue weighted by atomic mass is 32.2. The van der Waals surface area contributed by atoms with Gasteiger partial charge in [-0.25, -0.2) is 8.42 Å². The Labute approximate surface area is 155 Å². The lowest BCUT2D eigenvalue weighted by Crippen LogP contribution is -2.00. The molecule has 1 aliphatic rings. The normalized spacial score (nSPS) is 14.9. The van der Waals surface area contributed by atoms with Crippen LogP contribution in [0.5, 0.6) is 0 Å². The predicted octanol–water partition coefficient (Wildman–Crippen LogP) is 3.66. The van der Waals surface area contributed by atoms with Crippen LogP contribution in [0, 0.1) is 11.3 Å². The van der Waals surface area contributed by atoms with Crippen LogP contribution in [0.4, 0.5) is 11.4 Å². The fourth-order valence-corrected chi connectivity index (χ4v) is 5.25. The van der Waals surface area contributed by atoms with Gasteiger partial charge in [-0.2, -0.15) is 5.26 Å². The number of fused-ring (bicyclic) bond motifs is 4. The lowest BCUT2D eigenvalue weighted by Gasteiger charge is -2.14. The van der Waals surface area contributed by atoms with Crippen LogP contribution in [0.25, 0.3) is 21.8 Å². The summed E-state index contributed by atoms with van der Waals surface area (Å²) in [6.45, 7) is 0. The zero-order valence-electron chi connectivity index (χ0n) is 14.2. The van der Waals surface area contributed by atoms with Gasteiger partial charge in [-0.05, 0) is 47.7 Å². The number of aromatic nitrogens is 2. The van der Waals surface area contributed by atoms with Crippen molar-refractivity contribution in [1.29, 1.82) is 5.26 Å². The highest BCUT2D eigenvalue weighted by Crippen LogP contribution is 2.38. The summed E-state index contributed by atoms with van der Waals surface area (Å²) in [5.74, 6) is 0.0894. The van der Waals surface area contributed by atoms with Crippen LogP contribution in [0.3, 0.4) is 0 Å². The summed E-state index contributed by atoms with van der Waals surface area (Å²) in [5, 5.41) is 14.7. The van der Waals surface area contributed by atoms with E-state index in [1.165, 1.54) is 6.20 Å². The molecule has 0 bridgehead atoms. The minimum Gasteiger partial charge on any atom is -0.361 e. The molecule has 6 nitrogen and oxygen atoms in total. The third-order valence-corrected chi connectivity index (χ3v) is 6.79. The van der Waals surface area contributed by atoms with E-state index in [-0.39, 0.29) is 5.75 Å². The van der Waals surface area contributed by atoms with Crippen LogP contribution in [0.2, 0.25) is 0 Å². The number of nitrogens with one attached hydrogen (secondary N) is 2. The van der Waals surface area contributed by atoms with Gasteiger partial charge in [-0.1, -0.05) is 6.07 Å². The minimum atomic E-state index is -3.27. The minimum absolute atomic E-state index is 0.0894. The molecule has 0 saturated carbocycles. The van der Waals surface area contributed by atoms with E-state index in [1.54, 1.807) is 12.1 Å². The van der Waals surface area contributed by atoms with Crippen LogP contribution in [0.15, 0.2) is 53.7 Å². The number of aromatic amines is 1. The molecule has 5 rings (SSSR count). The summed E-state index contributed by atoms with van der Waals surface area (Å²) in [4.78, 5) is 7.87. The lowest BCUT2D eigenvalue weighted by molar-refractivity contribution is 0.600. The van der Waals surface area contributed by atoms with Gasteiger partial charge < -0.3 is 10.3 Å². The molecule has 2 aromatic carbocycles. The molecule has 2 aromatic heterocycles. The van der Waals surface area contributed by atoms with E-state index < -0.39 is 9.84 Å². The number of aryl methyl sites for hydroxylation is 1. The number of rotatable bonds is 2. The maximum absolute atomic E-state index is 12.3. The van der Waals surface area contributed by atoms with Gasteiger partial charge in [0.15, 0.2) is 9.84 Å². The first-order chi connectivity index (χ1) is 13.1. The molecule has 0 spiro atoms. The first-order valence-electron chi connectivity index (χ1n) is 8.48. The molecule has 0 unspecified atom stereocenters. The van der Waals surface area contributed by atoms with Gasteiger partial charge in [0.1, 0.15) is 6.07 Å². The second-order valence-corrected chi connectivity index (χ2v) is 8.65. The van der Waals surface area contributed by atoms with Gasteiger partial charge in [0.2, 0.25) is 0 Å². The van der Waals surface area contributed by atoms with Crippen molar-refractivity contribution in [3.8, 4) is 6.07 Å². The van der Waals surface area contributed by atoms with Gasteiger partial charge >= 0.3 is 0 Å². The molecular weight excluding hydrogens is 360 g/mol. The molecular formula is C20H14N4O2S. The Hall–Kier alpha value is -3.37. The highest BCUT2D eigenvalue weighted by molar-refractivity contribution is 7.91. The summed E-state index contributed by atoms with van der Waals surface area (Å²) in [7, 11) is -3.27. The monoisotopic (exact) mass is 374 g/mol. The standard InChI is InChI=1S/C20H14N4O2S/c21-10-13-11-23-16-3-4-18-15(6-8-27(18,25)26)19(16)20(13)24-14-2-1-12-5-7-22-17(12)9-14/h1-5,7,9,11,22H,6,8H2,(H,23,24). The Kier molecular flexibility index (Phi) is 3.27. The van der Waals surface area contributed by atoms with Crippen molar-refractivity contribution in [3.05, 3.63) is 59.9 Å². The number of pyridine rings is 1. The van der Waals surface area contributed by atoms with Crippen molar-refractivity contribution < 1.29 is 8.42 Å². The van der Waals surface area contributed by atoms with E-state index >= 15 is 0 Å². The Bertz CT molecular complexity index is 1380. The highest BCUT2D eigenvalue weighted by Gasteiger charge is 2.29. The quantitative estimate of drug-likeness (QED) is 0.558. The van der Waals surface area contributed by atoms with E-state index in [0.717, 1.165) is 22.2 Å². The zero-order chi connectivity index (χ0) is 18.6. The number of nitriles is 1. The second-order valence-electron chi connectivity index (χ2n) is 6.57. The molecule has 7 heteroatoms. The molecule has 4 aromatic rings. The Balaban J connectivity index is 1.77. The fourth-order valence-electron chi connectivity index (χ4n) is 3.71. The molecule has 0 amide bonds. The summed E-state index contributed by atoms with van der Waals surface area (Å²) < 4.78 is 24.7.